The number of rotatable bonds is 3. The highest BCUT2D eigenvalue weighted by molar-refractivity contribution is 5.21. The van der Waals surface area contributed by atoms with E-state index in [1.165, 1.54) is 0 Å². The van der Waals surface area contributed by atoms with Crippen molar-refractivity contribution in [1.29, 1.82) is 0 Å². The second-order valence-electron chi connectivity index (χ2n) is 6.06. The first-order valence-corrected chi connectivity index (χ1v) is 6.80. The van der Waals surface area contributed by atoms with Gasteiger partial charge < -0.3 is 9.84 Å². The maximum Gasteiger partial charge on any atom is 0.129 e. The molecule has 0 radical (unpaired) electrons. The van der Waals surface area contributed by atoms with Gasteiger partial charge in [0.25, 0.3) is 0 Å². The summed E-state index contributed by atoms with van der Waals surface area (Å²) in [5.74, 6) is -1.13. The molecular formula is C15H21F2NO2. The molecule has 0 unspecified atom stereocenters. The van der Waals surface area contributed by atoms with Crippen LogP contribution in [0, 0.1) is 11.6 Å². The molecule has 2 rings (SSSR count). The normalized spacial score (nSPS) is 24.6. The summed E-state index contributed by atoms with van der Waals surface area (Å²) in [6.45, 7) is 7.49. The zero-order valence-electron chi connectivity index (χ0n) is 12.1. The highest BCUT2D eigenvalue weighted by Gasteiger charge is 2.32. The number of nitrogens with zero attached hydrogens (tertiary/aromatic N) is 1. The molecule has 0 spiro atoms. The van der Waals surface area contributed by atoms with Gasteiger partial charge in [0.05, 0.1) is 17.8 Å². The molecule has 1 aliphatic heterocycles. The fraction of sp³-hybridized carbons (Fsp3) is 0.600. The van der Waals surface area contributed by atoms with Crippen molar-refractivity contribution in [3.05, 3.63) is 35.4 Å². The van der Waals surface area contributed by atoms with Gasteiger partial charge >= 0.3 is 0 Å². The first kappa shape index (κ1) is 15.4. The SMILES string of the molecule is C[C@@H]1CN(C[C@H](O)c2cc(F)ccc2F)CC(C)(C)O1. The van der Waals surface area contributed by atoms with Crippen molar-refractivity contribution in [2.45, 2.75) is 38.6 Å². The Morgan fingerprint density at radius 3 is 2.80 bits per heavy atom. The summed E-state index contributed by atoms with van der Waals surface area (Å²) in [7, 11) is 0. The van der Waals surface area contributed by atoms with Crippen LogP contribution >= 0.6 is 0 Å². The lowest BCUT2D eigenvalue weighted by molar-refractivity contribution is -0.134. The molecule has 0 amide bonds. The minimum atomic E-state index is -1.05. The number of hydrogen-bond acceptors (Lipinski definition) is 3. The van der Waals surface area contributed by atoms with Crippen molar-refractivity contribution < 1.29 is 18.6 Å². The van der Waals surface area contributed by atoms with Gasteiger partial charge in [-0.25, -0.2) is 8.78 Å². The molecule has 0 aromatic heterocycles. The summed E-state index contributed by atoms with van der Waals surface area (Å²) >= 11 is 0. The Balaban J connectivity index is 2.07. The van der Waals surface area contributed by atoms with Gasteiger partial charge in [-0.2, -0.15) is 0 Å². The second-order valence-corrected chi connectivity index (χ2v) is 6.06. The molecule has 1 aromatic carbocycles. The Labute approximate surface area is 118 Å². The third kappa shape index (κ3) is 3.75. The van der Waals surface area contributed by atoms with Crippen LogP contribution in [-0.4, -0.2) is 41.3 Å². The number of ether oxygens (including phenoxy) is 1. The highest BCUT2D eigenvalue weighted by atomic mass is 19.1. The smallest absolute Gasteiger partial charge is 0.129 e. The standard InChI is InChI=1S/C15H21F2NO2/c1-10-7-18(9-15(2,3)20-10)8-14(19)12-6-11(16)4-5-13(12)17/h4-6,10,14,19H,7-9H2,1-3H3/t10-,14+/m1/s1. The minimum absolute atomic E-state index is 0.00181. The number of benzene rings is 1. The number of hydrogen-bond donors (Lipinski definition) is 1. The van der Waals surface area contributed by atoms with Crippen molar-refractivity contribution in [3.8, 4) is 0 Å². The van der Waals surface area contributed by atoms with Crippen LogP contribution in [0.15, 0.2) is 18.2 Å². The van der Waals surface area contributed by atoms with Crippen molar-refractivity contribution in [3.63, 3.8) is 0 Å². The average molecular weight is 285 g/mol. The van der Waals surface area contributed by atoms with Gasteiger partial charge in [-0.15, -0.1) is 0 Å². The summed E-state index contributed by atoms with van der Waals surface area (Å²) in [5, 5.41) is 10.1. The predicted molar refractivity (Wildman–Crippen MR) is 72.4 cm³/mol. The van der Waals surface area contributed by atoms with E-state index in [0.717, 1.165) is 18.2 Å². The van der Waals surface area contributed by atoms with Crippen molar-refractivity contribution in [2.24, 2.45) is 0 Å². The summed E-state index contributed by atoms with van der Waals surface area (Å²) < 4.78 is 32.6. The van der Waals surface area contributed by atoms with Gasteiger partial charge in [0.1, 0.15) is 11.6 Å². The zero-order valence-corrected chi connectivity index (χ0v) is 12.1. The highest BCUT2D eigenvalue weighted by Crippen LogP contribution is 2.24. The average Bonchev–Trinajstić information content (AvgIpc) is 2.29. The van der Waals surface area contributed by atoms with E-state index in [4.69, 9.17) is 4.74 Å². The molecule has 0 aliphatic carbocycles. The molecule has 0 saturated carbocycles. The molecule has 1 N–H and O–H groups in total. The van der Waals surface area contributed by atoms with Crippen LogP contribution in [0.5, 0.6) is 0 Å². The van der Waals surface area contributed by atoms with Gasteiger partial charge in [-0.1, -0.05) is 0 Å². The van der Waals surface area contributed by atoms with Crippen LogP contribution in [0.1, 0.15) is 32.4 Å². The van der Waals surface area contributed by atoms with Gasteiger partial charge in [0.15, 0.2) is 0 Å². The van der Waals surface area contributed by atoms with Gasteiger partial charge in [0.2, 0.25) is 0 Å². The predicted octanol–water partition coefficient (Wildman–Crippen LogP) is 2.50. The molecule has 3 nitrogen and oxygen atoms in total. The van der Waals surface area contributed by atoms with Crippen LogP contribution in [0.4, 0.5) is 8.78 Å². The number of aliphatic hydroxyl groups excluding tert-OH is 1. The quantitative estimate of drug-likeness (QED) is 0.926. The number of aliphatic hydroxyl groups is 1. The molecule has 1 aliphatic rings. The van der Waals surface area contributed by atoms with Crippen LogP contribution in [0.3, 0.4) is 0 Å². The Hall–Kier alpha value is -1.04. The Bertz CT molecular complexity index is 479. The maximum atomic E-state index is 13.6. The molecule has 1 heterocycles. The topological polar surface area (TPSA) is 32.7 Å². The van der Waals surface area contributed by atoms with Gasteiger partial charge in [-0.3, -0.25) is 4.90 Å². The molecule has 1 saturated heterocycles. The molecule has 0 bridgehead atoms. The van der Waals surface area contributed by atoms with Crippen LogP contribution in [-0.2, 0) is 4.74 Å². The second kappa shape index (κ2) is 5.76. The molecule has 2 atom stereocenters. The lowest BCUT2D eigenvalue weighted by Crippen LogP contribution is -2.52. The minimum Gasteiger partial charge on any atom is -0.387 e. The molecule has 1 aromatic rings. The van der Waals surface area contributed by atoms with E-state index in [-0.39, 0.29) is 23.8 Å². The van der Waals surface area contributed by atoms with Crippen molar-refractivity contribution >= 4 is 0 Å². The van der Waals surface area contributed by atoms with E-state index in [1.54, 1.807) is 0 Å². The lowest BCUT2D eigenvalue weighted by Gasteiger charge is -2.42. The van der Waals surface area contributed by atoms with Crippen LogP contribution < -0.4 is 0 Å². The molecule has 112 valence electrons. The van der Waals surface area contributed by atoms with E-state index in [1.807, 2.05) is 25.7 Å². The van der Waals surface area contributed by atoms with Crippen LogP contribution in [0.2, 0.25) is 0 Å². The van der Waals surface area contributed by atoms with E-state index in [2.05, 4.69) is 0 Å². The number of halogens is 2. The van der Waals surface area contributed by atoms with E-state index in [9.17, 15) is 13.9 Å². The van der Waals surface area contributed by atoms with Crippen molar-refractivity contribution in [2.75, 3.05) is 19.6 Å². The molecule has 1 fully saturated rings. The van der Waals surface area contributed by atoms with Crippen molar-refractivity contribution in [1.82, 2.24) is 4.90 Å². The van der Waals surface area contributed by atoms with Crippen LogP contribution in [0.25, 0.3) is 0 Å². The largest absolute Gasteiger partial charge is 0.387 e. The fourth-order valence-corrected chi connectivity index (χ4v) is 2.84. The lowest BCUT2D eigenvalue weighted by atomic mass is 10.0. The number of morpholine rings is 1. The zero-order chi connectivity index (χ0) is 14.9. The van der Waals surface area contributed by atoms with E-state index >= 15 is 0 Å². The summed E-state index contributed by atoms with van der Waals surface area (Å²) in [6, 6.07) is 3.14. The monoisotopic (exact) mass is 285 g/mol. The van der Waals surface area contributed by atoms with E-state index < -0.39 is 17.7 Å². The summed E-state index contributed by atoms with van der Waals surface area (Å²) in [4.78, 5) is 2.02. The third-order valence-corrected chi connectivity index (χ3v) is 3.39. The summed E-state index contributed by atoms with van der Waals surface area (Å²) in [6.07, 6.45) is -1.00. The van der Waals surface area contributed by atoms with Gasteiger partial charge in [-0.05, 0) is 39.0 Å². The molecule has 20 heavy (non-hydrogen) atoms. The van der Waals surface area contributed by atoms with Gasteiger partial charge in [0, 0.05) is 25.2 Å². The first-order valence-electron chi connectivity index (χ1n) is 6.80. The fourth-order valence-electron chi connectivity index (χ4n) is 2.84. The maximum absolute atomic E-state index is 13.6. The van der Waals surface area contributed by atoms with E-state index in [0.29, 0.717) is 13.1 Å². The first-order chi connectivity index (χ1) is 9.27. The molecule has 5 heteroatoms. The summed E-state index contributed by atoms with van der Waals surface area (Å²) in [5.41, 5.74) is -0.306. The third-order valence-electron chi connectivity index (χ3n) is 3.39. The Kier molecular flexibility index (Phi) is 4.42. The number of β-amino-alcohol motifs (C(OH)–C–C–N with tert-alkyl or cyclic N) is 1. The Morgan fingerprint density at radius 2 is 2.15 bits per heavy atom. The Morgan fingerprint density at radius 1 is 1.45 bits per heavy atom. The molecular weight excluding hydrogens is 264 g/mol.